The first-order valence-electron chi connectivity index (χ1n) is 18.4. The van der Waals surface area contributed by atoms with Gasteiger partial charge in [0.1, 0.15) is 0 Å². The first kappa shape index (κ1) is 40.2. The van der Waals surface area contributed by atoms with Gasteiger partial charge in [-0.15, -0.1) is 11.0 Å². The first-order valence-corrected chi connectivity index (χ1v) is 20.0. The third-order valence-electron chi connectivity index (χ3n) is 10.4. The second-order valence-corrected chi connectivity index (χ2v) is 13.8. The van der Waals surface area contributed by atoms with Crippen LogP contribution in [0.25, 0.3) is 79.8 Å². The van der Waals surface area contributed by atoms with E-state index in [1.165, 1.54) is 48.5 Å². The average Bonchev–Trinajstić information content (AvgIpc) is 4.06. The minimum absolute atomic E-state index is 0.110. The van der Waals surface area contributed by atoms with Crippen molar-refractivity contribution in [2.45, 2.75) is 0 Å². The third-order valence-corrected chi connectivity index (χ3v) is 10.4. The molecule has 0 unspecified atom stereocenters. The van der Waals surface area contributed by atoms with Crippen molar-refractivity contribution < 1.29 is 54.7 Å². The van der Waals surface area contributed by atoms with Crippen molar-refractivity contribution in [2.24, 2.45) is 0 Å². The molecule has 0 amide bonds. The quantitative estimate of drug-likeness (QED) is 0.106. The standard InChI is InChI=1S/C48H29N3O8.ClH.Mn/c52-45(53)29-9-1-25(2-10-29)41-33-17-18-34(33)42(26-3-11-30(12-4-26)46(54)55)36-20-22-38(50-36)44(28-7-15-32(16-8-28)48(58)59)40-24-23-39(51-40)43(37-21-19-35(41)49-37)27-5-13-31(14-6-27)47(56)57;;/h1-24H,(H5,49,50,51,52,53,54,55,56,57,58,59);1H;/q;;+2/p-2. The molecule has 0 saturated carbocycles. The number of aromatic nitrogens is 3. The summed E-state index contributed by atoms with van der Waals surface area (Å²) < 4.78 is 0. The predicted octanol–water partition coefficient (Wildman–Crippen LogP) is 10.1. The van der Waals surface area contributed by atoms with Crippen LogP contribution in [0.3, 0.4) is 0 Å². The molecule has 0 saturated heterocycles. The molecule has 1 aromatic heterocycles. The first-order chi connectivity index (χ1) is 29.5. The maximum atomic E-state index is 11.9. The van der Waals surface area contributed by atoms with Crippen LogP contribution < -0.4 is 4.98 Å². The van der Waals surface area contributed by atoms with Gasteiger partial charge in [-0.1, -0.05) is 72.8 Å². The summed E-state index contributed by atoms with van der Waals surface area (Å²) in [7, 11) is 4.45. The number of carboxylic acids is 4. The van der Waals surface area contributed by atoms with Crippen molar-refractivity contribution in [3.63, 3.8) is 0 Å². The molecule has 297 valence electrons. The van der Waals surface area contributed by atoms with Gasteiger partial charge in [0.15, 0.2) is 0 Å². The van der Waals surface area contributed by atoms with Gasteiger partial charge in [-0.25, -0.2) is 29.1 Å². The van der Waals surface area contributed by atoms with Crippen LogP contribution in [0, 0.1) is 10.4 Å². The van der Waals surface area contributed by atoms with Crippen LogP contribution in [-0.4, -0.2) is 54.3 Å². The van der Waals surface area contributed by atoms with Crippen molar-refractivity contribution in [3.05, 3.63) is 177 Å². The Kier molecular flexibility index (Phi) is 10.9. The topological polar surface area (TPSA) is 189 Å². The van der Waals surface area contributed by atoms with Gasteiger partial charge in [-0.05, 0) is 117 Å². The third kappa shape index (κ3) is 7.58. The van der Waals surface area contributed by atoms with Gasteiger partial charge in [0.2, 0.25) is 0 Å². The average molecular weight is 865 g/mol. The van der Waals surface area contributed by atoms with Crippen molar-refractivity contribution in [3.8, 4) is 44.5 Å². The van der Waals surface area contributed by atoms with E-state index in [0.717, 1.165) is 10.4 Å². The Labute approximate surface area is 358 Å². The predicted molar refractivity (Wildman–Crippen MR) is 228 cm³/mol. The van der Waals surface area contributed by atoms with Gasteiger partial charge in [-0.2, -0.15) is 0 Å². The fourth-order valence-corrected chi connectivity index (χ4v) is 7.46. The molecule has 61 heavy (non-hydrogen) atoms. The number of halogens is 1. The van der Waals surface area contributed by atoms with Gasteiger partial charge in [0.25, 0.3) is 0 Å². The molecule has 4 aliphatic rings. The van der Waals surface area contributed by atoms with Crippen LogP contribution in [0.1, 0.15) is 64.2 Å². The summed E-state index contributed by atoms with van der Waals surface area (Å²) in [6, 6.07) is 33.5. The molecular formula is C48H28ClMnN3O8. The SMILES string of the molecule is O=C(O)c1ccc(-c2c3nc(c(-c4ccc(C(=O)O)cc4)c4ccc([n-]4)c(-c4ccc(C(=O)O)cc4)c4nc(c(-c5ccc(C(=O)O)cc5)c5ccc2=5)C=C4)C=C3)cc1.[Cl][Mn+]. The van der Waals surface area contributed by atoms with E-state index in [1.807, 2.05) is 48.6 Å². The maximum absolute atomic E-state index is 11.9. The van der Waals surface area contributed by atoms with Crippen LogP contribution in [0.2, 0.25) is 0 Å². The molecule has 0 spiro atoms. The number of nitrogens with zero attached hydrogens (tertiary/aromatic N) is 3. The van der Waals surface area contributed by atoms with Crippen molar-refractivity contribution in [2.75, 3.05) is 0 Å². The van der Waals surface area contributed by atoms with E-state index >= 15 is 0 Å². The summed E-state index contributed by atoms with van der Waals surface area (Å²) in [6.45, 7) is 0. The van der Waals surface area contributed by atoms with Crippen LogP contribution in [0.4, 0.5) is 0 Å². The molecule has 4 aromatic carbocycles. The van der Waals surface area contributed by atoms with Crippen LogP contribution >= 0.6 is 10.1 Å². The van der Waals surface area contributed by atoms with Gasteiger partial charge >= 0.3 is 49.1 Å². The summed E-state index contributed by atoms with van der Waals surface area (Å²) in [5.74, 6) is -4.27. The molecular weight excluding hydrogens is 837 g/mol. The molecule has 3 aliphatic heterocycles. The fourth-order valence-electron chi connectivity index (χ4n) is 7.46. The summed E-state index contributed by atoms with van der Waals surface area (Å²) in [5, 5.41) is 40.3. The van der Waals surface area contributed by atoms with Crippen molar-refractivity contribution in [1.82, 2.24) is 15.0 Å². The Bertz CT molecular complexity index is 2980. The Morgan fingerprint density at radius 3 is 0.869 bits per heavy atom. The van der Waals surface area contributed by atoms with Crippen LogP contribution in [0.15, 0.2) is 121 Å². The van der Waals surface area contributed by atoms with Crippen molar-refractivity contribution in [1.29, 1.82) is 0 Å². The monoisotopic (exact) mass is 864 g/mol. The molecule has 4 heterocycles. The molecule has 9 rings (SSSR count). The summed E-state index contributed by atoms with van der Waals surface area (Å²) in [6.07, 6.45) is 7.46. The Hall–Kier alpha value is -7.63. The van der Waals surface area contributed by atoms with E-state index < -0.39 is 23.9 Å². The number of rotatable bonds is 8. The van der Waals surface area contributed by atoms with E-state index in [1.54, 1.807) is 48.5 Å². The van der Waals surface area contributed by atoms with Crippen LogP contribution in [0.5, 0.6) is 0 Å². The zero-order valence-electron chi connectivity index (χ0n) is 31.4. The van der Waals surface area contributed by atoms with Gasteiger partial charge < -0.3 is 25.4 Å². The number of hydrogen-bond acceptors (Lipinski definition) is 6. The zero-order valence-corrected chi connectivity index (χ0v) is 33.3. The number of fused-ring (bicyclic) bond motifs is 6. The summed E-state index contributed by atoms with van der Waals surface area (Å²) >= 11 is 2.41. The Morgan fingerprint density at radius 2 is 0.623 bits per heavy atom. The second kappa shape index (κ2) is 16.6. The van der Waals surface area contributed by atoms with E-state index in [2.05, 4.69) is 25.2 Å². The molecule has 5 aromatic rings. The van der Waals surface area contributed by atoms with E-state index in [9.17, 15) is 39.6 Å². The van der Waals surface area contributed by atoms with Gasteiger partial charge in [0.05, 0.1) is 45.0 Å². The number of carbonyl (C=O) groups is 4. The normalized spacial score (nSPS) is 11.5. The van der Waals surface area contributed by atoms with Gasteiger partial charge in [0, 0.05) is 11.1 Å². The Morgan fingerprint density at radius 1 is 0.377 bits per heavy atom. The molecule has 13 heteroatoms. The van der Waals surface area contributed by atoms with E-state index in [-0.39, 0.29) is 22.3 Å². The molecule has 0 radical (unpaired) electrons. The van der Waals surface area contributed by atoms with E-state index in [4.69, 9.17) is 15.0 Å². The van der Waals surface area contributed by atoms with Gasteiger partial charge in [-0.3, -0.25) is 0 Å². The fraction of sp³-hybridized carbons (Fsp3) is 0. The molecule has 0 atom stereocenters. The number of carboxylic acid groups (broad SMARTS) is 4. The molecule has 4 N–H and O–H groups in total. The minimum atomic E-state index is -1.07. The molecule has 6 bridgehead atoms. The second-order valence-electron chi connectivity index (χ2n) is 13.8. The summed E-state index contributed by atoms with van der Waals surface area (Å²) in [4.78, 5) is 62.9. The number of benzene rings is 4. The zero-order chi connectivity index (χ0) is 42.9. The Balaban J connectivity index is 0.00000253. The molecule has 0 fully saturated rings. The number of aromatic carboxylic acids is 4. The molecule has 11 nitrogen and oxygen atoms in total. The van der Waals surface area contributed by atoms with Crippen LogP contribution in [-0.2, 0) is 15.1 Å². The van der Waals surface area contributed by atoms with Crippen molar-refractivity contribution >= 4 is 69.3 Å². The number of hydrogen-bond donors (Lipinski definition) is 4. The molecule has 1 aliphatic carbocycles. The van der Waals surface area contributed by atoms with E-state index in [0.29, 0.717) is 78.3 Å². The summed E-state index contributed by atoms with van der Waals surface area (Å²) in [5.41, 5.74) is 9.11.